The second kappa shape index (κ2) is 7.58. The minimum atomic E-state index is 0.318. The van der Waals surface area contributed by atoms with Gasteiger partial charge >= 0.3 is 0 Å². The predicted molar refractivity (Wildman–Crippen MR) is 77.5 cm³/mol. The monoisotopic (exact) mass is 270 g/mol. The van der Waals surface area contributed by atoms with Gasteiger partial charge < -0.3 is 19.7 Å². The van der Waals surface area contributed by atoms with E-state index in [4.69, 9.17) is 9.47 Å². The van der Waals surface area contributed by atoms with Gasteiger partial charge in [-0.05, 0) is 32.7 Å². The zero-order valence-electron chi connectivity index (χ0n) is 12.7. The van der Waals surface area contributed by atoms with Crippen LogP contribution in [-0.4, -0.2) is 62.5 Å². The van der Waals surface area contributed by atoms with E-state index in [1.165, 1.54) is 19.3 Å². The third-order valence-corrected chi connectivity index (χ3v) is 4.13. The molecular formula is C15H30N2O2. The lowest BCUT2D eigenvalue weighted by Crippen LogP contribution is -2.36. The first-order valence-corrected chi connectivity index (χ1v) is 7.82. The third kappa shape index (κ3) is 5.38. The Morgan fingerprint density at radius 3 is 2.53 bits per heavy atom. The fourth-order valence-electron chi connectivity index (χ4n) is 2.81. The molecule has 2 rings (SSSR count). The first-order valence-electron chi connectivity index (χ1n) is 7.82. The van der Waals surface area contributed by atoms with Crippen LogP contribution in [0.1, 0.15) is 39.5 Å². The van der Waals surface area contributed by atoms with E-state index in [0.29, 0.717) is 24.4 Å². The Kier molecular flexibility index (Phi) is 6.07. The van der Waals surface area contributed by atoms with Gasteiger partial charge in [0.25, 0.3) is 0 Å². The number of likely N-dealkylation sites (tertiary alicyclic amines) is 1. The van der Waals surface area contributed by atoms with Crippen LogP contribution in [0.3, 0.4) is 0 Å². The third-order valence-electron chi connectivity index (χ3n) is 4.13. The lowest BCUT2D eigenvalue weighted by Gasteiger charge is -2.29. The van der Waals surface area contributed by atoms with Gasteiger partial charge in [-0.1, -0.05) is 13.8 Å². The lowest BCUT2D eigenvalue weighted by atomic mass is 10.1. The second-order valence-electron chi connectivity index (χ2n) is 6.36. The molecule has 2 saturated heterocycles. The number of hydrogen-bond donors (Lipinski definition) is 1. The fraction of sp³-hybridized carbons (Fsp3) is 1.00. The summed E-state index contributed by atoms with van der Waals surface area (Å²) in [5.74, 6) is 0. The predicted octanol–water partition coefficient (Wildman–Crippen LogP) is 1.64. The van der Waals surface area contributed by atoms with Crippen LogP contribution in [-0.2, 0) is 9.47 Å². The molecule has 2 unspecified atom stereocenters. The Balaban J connectivity index is 1.57. The van der Waals surface area contributed by atoms with Gasteiger partial charge in [-0.15, -0.1) is 0 Å². The molecule has 0 spiro atoms. The van der Waals surface area contributed by atoms with Crippen molar-refractivity contribution in [1.82, 2.24) is 10.2 Å². The molecule has 4 nitrogen and oxygen atoms in total. The summed E-state index contributed by atoms with van der Waals surface area (Å²) < 4.78 is 12.0. The van der Waals surface area contributed by atoms with Crippen molar-refractivity contribution in [3.63, 3.8) is 0 Å². The van der Waals surface area contributed by atoms with E-state index in [1.807, 2.05) is 0 Å². The van der Waals surface area contributed by atoms with Crippen LogP contribution < -0.4 is 5.32 Å². The summed E-state index contributed by atoms with van der Waals surface area (Å²) in [6.07, 6.45) is 5.81. The number of piperidine rings is 1. The molecule has 0 saturated carbocycles. The van der Waals surface area contributed by atoms with Gasteiger partial charge in [0, 0.05) is 25.7 Å². The van der Waals surface area contributed by atoms with Crippen molar-refractivity contribution in [3.8, 4) is 0 Å². The highest BCUT2D eigenvalue weighted by molar-refractivity contribution is 4.77. The van der Waals surface area contributed by atoms with Crippen molar-refractivity contribution in [1.29, 1.82) is 0 Å². The highest BCUT2D eigenvalue weighted by Crippen LogP contribution is 2.21. The molecule has 1 N–H and O–H groups in total. The molecule has 2 heterocycles. The van der Waals surface area contributed by atoms with E-state index >= 15 is 0 Å². The van der Waals surface area contributed by atoms with E-state index in [-0.39, 0.29) is 0 Å². The average Bonchev–Trinajstić information content (AvgIpc) is 2.84. The first-order chi connectivity index (χ1) is 9.13. The SMILES string of the molecule is CC(C)NCC1CCC(COC2CCN(C)CC2)O1. The van der Waals surface area contributed by atoms with Crippen LogP contribution in [0.2, 0.25) is 0 Å². The second-order valence-corrected chi connectivity index (χ2v) is 6.36. The molecule has 112 valence electrons. The highest BCUT2D eigenvalue weighted by Gasteiger charge is 2.26. The van der Waals surface area contributed by atoms with Crippen LogP contribution in [0.5, 0.6) is 0 Å². The maximum atomic E-state index is 6.03. The molecule has 0 amide bonds. The molecule has 0 radical (unpaired) electrons. The van der Waals surface area contributed by atoms with Gasteiger partial charge in [0.2, 0.25) is 0 Å². The van der Waals surface area contributed by atoms with Crippen LogP contribution in [0.15, 0.2) is 0 Å². The molecule has 19 heavy (non-hydrogen) atoms. The maximum absolute atomic E-state index is 6.03. The van der Waals surface area contributed by atoms with Gasteiger partial charge in [-0.25, -0.2) is 0 Å². The van der Waals surface area contributed by atoms with E-state index in [2.05, 4.69) is 31.1 Å². The van der Waals surface area contributed by atoms with Crippen molar-refractivity contribution >= 4 is 0 Å². The molecular weight excluding hydrogens is 240 g/mol. The van der Waals surface area contributed by atoms with Gasteiger partial charge in [0.05, 0.1) is 24.9 Å². The first kappa shape index (κ1) is 15.2. The van der Waals surface area contributed by atoms with E-state index in [1.54, 1.807) is 0 Å². The molecule has 2 aliphatic rings. The van der Waals surface area contributed by atoms with Crippen molar-refractivity contribution in [2.24, 2.45) is 0 Å². The zero-order valence-corrected chi connectivity index (χ0v) is 12.7. The number of nitrogens with one attached hydrogen (secondary N) is 1. The highest BCUT2D eigenvalue weighted by atomic mass is 16.5. The Labute approximate surface area is 117 Å². The Morgan fingerprint density at radius 1 is 1.16 bits per heavy atom. The van der Waals surface area contributed by atoms with Crippen LogP contribution >= 0.6 is 0 Å². The summed E-state index contributed by atoms with van der Waals surface area (Å²) in [5, 5.41) is 3.45. The van der Waals surface area contributed by atoms with Crippen molar-refractivity contribution < 1.29 is 9.47 Å². The molecule has 2 atom stereocenters. The smallest absolute Gasteiger partial charge is 0.0814 e. The molecule has 0 aromatic carbocycles. The van der Waals surface area contributed by atoms with Gasteiger partial charge in [0.15, 0.2) is 0 Å². The fourth-order valence-corrected chi connectivity index (χ4v) is 2.81. The molecule has 2 fully saturated rings. The summed E-state index contributed by atoms with van der Waals surface area (Å²) in [5.41, 5.74) is 0. The summed E-state index contributed by atoms with van der Waals surface area (Å²) in [4.78, 5) is 2.37. The Bertz CT molecular complexity index is 253. The zero-order chi connectivity index (χ0) is 13.7. The summed E-state index contributed by atoms with van der Waals surface area (Å²) in [6.45, 7) is 8.44. The van der Waals surface area contributed by atoms with Crippen LogP contribution in [0.4, 0.5) is 0 Å². The van der Waals surface area contributed by atoms with Crippen molar-refractivity contribution in [3.05, 3.63) is 0 Å². The average molecular weight is 270 g/mol. The normalized spacial score (nSPS) is 30.3. The van der Waals surface area contributed by atoms with E-state index in [0.717, 1.165) is 32.7 Å². The van der Waals surface area contributed by atoms with E-state index in [9.17, 15) is 0 Å². The summed E-state index contributed by atoms with van der Waals surface area (Å²) in [6, 6.07) is 0.540. The minimum Gasteiger partial charge on any atom is -0.375 e. The quantitative estimate of drug-likeness (QED) is 0.795. The van der Waals surface area contributed by atoms with Crippen molar-refractivity contribution in [2.45, 2.75) is 63.9 Å². The molecule has 4 heteroatoms. The molecule has 0 bridgehead atoms. The Morgan fingerprint density at radius 2 is 1.84 bits per heavy atom. The molecule has 0 aromatic heterocycles. The number of rotatable bonds is 6. The standard InChI is InChI=1S/C15H30N2O2/c1-12(2)16-10-14-4-5-15(19-14)11-18-13-6-8-17(3)9-7-13/h12-16H,4-11H2,1-3H3. The van der Waals surface area contributed by atoms with E-state index < -0.39 is 0 Å². The van der Waals surface area contributed by atoms with Crippen LogP contribution in [0, 0.1) is 0 Å². The molecule has 2 aliphatic heterocycles. The number of nitrogens with zero attached hydrogens (tertiary/aromatic N) is 1. The van der Waals surface area contributed by atoms with Gasteiger partial charge in [-0.2, -0.15) is 0 Å². The topological polar surface area (TPSA) is 33.7 Å². The number of hydrogen-bond acceptors (Lipinski definition) is 4. The van der Waals surface area contributed by atoms with Gasteiger partial charge in [-0.3, -0.25) is 0 Å². The summed E-state index contributed by atoms with van der Waals surface area (Å²) >= 11 is 0. The minimum absolute atomic E-state index is 0.318. The number of ether oxygens (including phenoxy) is 2. The molecule has 0 aromatic rings. The largest absolute Gasteiger partial charge is 0.375 e. The maximum Gasteiger partial charge on any atom is 0.0814 e. The molecule has 0 aliphatic carbocycles. The Hall–Kier alpha value is -0.160. The van der Waals surface area contributed by atoms with Crippen molar-refractivity contribution in [2.75, 3.05) is 33.3 Å². The summed E-state index contributed by atoms with van der Waals surface area (Å²) in [7, 11) is 2.18. The van der Waals surface area contributed by atoms with Crippen LogP contribution in [0.25, 0.3) is 0 Å². The lowest BCUT2D eigenvalue weighted by molar-refractivity contribution is -0.0552. The van der Waals surface area contributed by atoms with Gasteiger partial charge in [0.1, 0.15) is 0 Å².